The molecule has 2 heterocycles. The van der Waals surface area contributed by atoms with E-state index in [1.807, 2.05) is 23.1 Å². The zero-order valence-electron chi connectivity index (χ0n) is 11.9. The molecule has 1 fully saturated rings. The summed E-state index contributed by atoms with van der Waals surface area (Å²) >= 11 is 0. The molecule has 1 amide bonds. The Bertz CT molecular complexity index is 704. The lowest BCUT2D eigenvalue weighted by Gasteiger charge is -2.25. The van der Waals surface area contributed by atoms with Crippen LogP contribution in [-0.4, -0.2) is 46.5 Å². The molecular weight excluding hydrogens is 268 g/mol. The number of hydrogen-bond donors (Lipinski definition) is 1. The molecule has 21 heavy (non-hydrogen) atoms. The predicted octanol–water partition coefficient (Wildman–Crippen LogP) is -0.808. The van der Waals surface area contributed by atoms with E-state index in [0.717, 1.165) is 26.2 Å². The largest absolute Gasteiger partial charge is 0.343 e. The van der Waals surface area contributed by atoms with Gasteiger partial charge in [0.05, 0.1) is 43.4 Å². The smallest absolute Gasteiger partial charge is 0.261 e. The second-order valence-electron chi connectivity index (χ2n) is 5.26. The zero-order valence-corrected chi connectivity index (χ0v) is 11.9. The lowest BCUT2D eigenvalue weighted by molar-refractivity contribution is -0.662. The number of carbonyl (C=O) groups excluding carboxylic acids is 1. The molecule has 1 aliphatic heterocycles. The summed E-state index contributed by atoms with van der Waals surface area (Å²) in [7, 11) is 0. The van der Waals surface area contributed by atoms with E-state index in [9.17, 15) is 9.59 Å². The van der Waals surface area contributed by atoms with Crippen LogP contribution in [0, 0.1) is 0 Å². The molecule has 2 N–H and O–H groups in total. The van der Waals surface area contributed by atoms with Crippen molar-refractivity contribution in [3.05, 3.63) is 40.9 Å². The number of quaternary nitrogens is 1. The van der Waals surface area contributed by atoms with Crippen molar-refractivity contribution >= 4 is 16.8 Å². The molecule has 1 aliphatic rings. The highest BCUT2D eigenvalue weighted by molar-refractivity contribution is 5.77. The third-order valence-corrected chi connectivity index (χ3v) is 3.86. The van der Waals surface area contributed by atoms with Crippen molar-refractivity contribution in [3.63, 3.8) is 0 Å². The maximum Gasteiger partial charge on any atom is 0.261 e. The van der Waals surface area contributed by atoms with Gasteiger partial charge in [0, 0.05) is 13.0 Å². The average molecular weight is 287 g/mol. The van der Waals surface area contributed by atoms with Gasteiger partial charge in [-0.3, -0.25) is 14.2 Å². The zero-order chi connectivity index (χ0) is 14.7. The highest BCUT2D eigenvalue weighted by Crippen LogP contribution is 2.05. The molecule has 0 bridgehead atoms. The van der Waals surface area contributed by atoms with E-state index < -0.39 is 0 Å². The van der Waals surface area contributed by atoms with Crippen molar-refractivity contribution in [2.75, 3.05) is 26.2 Å². The summed E-state index contributed by atoms with van der Waals surface area (Å²) in [4.78, 5) is 30.6. The molecule has 6 heteroatoms. The Balaban J connectivity index is 1.72. The number of benzene rings is 1. The molecule has 110 valence electrons. The fourth-order valence-electron chi connectivity index (χ4n) is 2.64. The van der Waals surface area contributed by atoms with Crippen molar-refractivity contribution in [1.29, 1.82) is 0 Å². The van der Waals surface area contributed by atoms with Gasteiger partial charge in [-0.2, -0.15) is 0 Å². The van der Waals surface area contributed by atoms with Gasteiger partial charge < -0.3 is 10.2 Å². The molecule has 2 aromatic rings. The molecule has 1 saturated heterocycles. The number of hydrogen-bond acceptors (Lipinski definition) is 3. The highest BCUT2D eigenvalue weighted by atomic mass is 16.2. The first-order chi connectivity index (χ1) is 10.3. The topological polar surface area (TPSA) is 71.8 Å². The fourth-order valence-corrected chi connectivity index (χ4v) is 2.64. The van der Waals surface area contributed by atoms with Crippen molar-refractivity contribution in [3.8, 4) is 0 Å². The van der Waals surface area contributed by atoms with Gasteiger partial charge in [-0.05, 0) is 12.1 Å². The molecule has 6 nitrogen and oxygen atoms in total. The summed E-state index contributed by atoms with van der Waals surface area (Å²) < 4.78 is 1.52. The number of nitrogens with two attached hydrogens (primary N) is 1. The first kappa shape index (κ1) is 13.8. The van der Waals surface area contributed by atoms with E-state index in [2.05, 4.69) is 10.3 Å². The van der Waals surface area contributed by atoms with Crippen molar-refractivity contribution < 1.29 is 10.1 Å². The highest BCUT2D eigenvalue weighted by Gasteiger charge is 2.17. The van der Waals surface area contributed by atoms with Gasteiger partial charge in [-0.1, -0.05) is 12.1 Å². The lowest BCUT2D eigenvalue weighted by atomic mass is 10.2. The minimum absolute atomic E-state index is 0.0830. The fraction of sp³-hybridized carbons (Fsp3) is 0.400. The molecule has 0 saturated carbocycles. The van der Waals surface area contributed by atoms with Crippen molar-refractivity contribution in [2.24, 2.45) is 0 Å². The lowest BCUT2D eigenvalue weighted by Crippen LogP contribution is -2.89. The Hall–Kier alpha value is -2.21. The molecule has 0 radical (unpaired) electrons. The van der Waals surface area contributed by atoms with E-state index in [1.165, 1.54) is 10.9 Å². The molecule has 1 aromatic heterocycles. The molecular formula is C15H19N4O2+. The molecule has 0 spiro atoms. The Kier molecular flexibility index (Phi) is 3.96. The summed E-state index contributed by atoms with van der Waals surface area (Å²) in [5, 5.41) is 2.81. The van der Waals surface area contributed by atoms with Gasteiger partial charge in [-0.15, -0.1) is 0 Å². The summed E-state index contributed by atoms with van der Waals surface area (Å²) in [6.07, 6.45) is 1.88. The number of fused-ring (bicyclic) bond motifs is 1. The van der Waals surface area contributed by atoms with Gasteiger partial charge in [0.2, 0.25) is 5.91 Å². The average Bonchev–Trinajstić information content (AvgIpc) is 2.55. The van der Waals surface area contributed by atoms with E-state index >= 15 is 0 Å². The second-order valence-corrected chi connectivity index (χ2v) is 5.26. The minimum atomic E-state index is -0.0830. The first-order valence-corrected chi connectivity index (χ1v) is 7.29. The van der Waals surface area contributed by atoms with Gasteiger partial charge in [0.15, 0.2) is 0 Å². The monoisotopic (exact) mass is 287 g/mol. The number of aryl methyl sites for hydroxylation is 1. The number of amides is 1. The maximum absolute atomic E-state index is 12.3. The van der Waals surface area contributed by atoms with E-state index in [4.69, 9.17) is 0 Å². The van der Waals surface area contributed by atoms with Crippen LogP contribution in [0.3, 0.4) is 0 Å². The van der Waals surface area contributed by atoms with E-state index in [1.54, 1.807) is 6.07 Å². The first-order valence-electron chi connectivity index (χ1n) is 7.29. The number of piperazine rings is 1. The van der Waals surface area contributed by atoms with Crippen LogP contribution in [0.5, 0.6) is 0 Å². The summed E-state index contributed by atoms with van der Waals surface area (Å²) in [5.41, 5.74) is 0.608. The molecule has 0 unspecified atom stereocenters. The molecule has 3 rings (SSSR count). The Morgan fingerprint density at radius 3 is 2.81 bits per heavy atom. The van der Waals surface area contributed by atoms with Gasteiger partial charge in [0.1, 0.15) is 0 Å². The third kappa shape index (κ3) is 2.95. The number of aromatic nitrogens is 2. The summed E-state index contributed by atoms with van der Waals surface area (Å²) in [6, 6.07) is 7.26. The second kappa shape index (κ2) is 6.05. The van der Waals surface area contributed by atoms with Gasteiger partial charge in [0.25, 0.3) is 5.56 Å². The Labute approximate surface area is 122 Å². The van der Waals surface area contributed by atoms with Crippen LogP contribution in [0.25, 0.3) is 10.9 Å². The van der Waals surface area contributed by atoms with Crippen LogP contribution in [-0.2, 0) is 11.3 Å². The van der Waals surface area contributed by atoms with Crippen molar-refractivity contribution in [2.45, 2.75) is 13.0 Å². The number of rotatable bonds is 3. The number of para-hydroxylation sites is 1. The van der Waals surface area contributed by atoms with Crippen LogP contribution in [0.1, 0.15) is 6.42 Å². The third-order valence-electron chi connectivity index (χ3n) is 3.86. The van der Waals surface area contributed by atoms with Crippen molar-refractivity contribution in [1.82, 2.24) is 14.5 Å². The van der Waals surface area contributed by atoms with E-state index in [0.29, 0.717) is 23.9 Å². The van der Waals surface area contributed by atoms with Crippen LogP contribution < -0.4 is 10.9 Å². The van der Waals surface area contributed by atoms with Gasteiger partial charge >= 0.3 is 0 Å². The van der Waals surface area contributed by atoms with Crippen LogP contribution in [0.2, 0.25) is 0 Å². The number of nitrogens with zero attached hydrogens (tertiary/aromatic N) is 3. The maximum atomic E-state index is 12.3. The molecule has 1 aromatic carbocycles. The SMILES string of the molecule is O=C(CCn1cnc2ccccc2c1=O)N1CC[NH2+]CC1. The van der Waals surface area contributed by atoms with Crippen LogP contribution >= 0.6 is 0 Å². The Morgan fingerprint density at radius 2 is 2.00 bits per heavy atom. The van der Waals surface area contributed by atoms with Crippen LogP contribution in [0.4, 0.5) is 0 Å². The quantitative estimate of drug-likeness (QED) is 0.803. The minimum Gasteiger partial charge on any atom is -0.343 e. The molecule has 0 aliphatic carbocycles. The Morgan fingerprint density at radius 1 is 1.24 bits per heavy atom. The standard InChI is InChI=1S/C15H18N4O2/c20-14(18-9-6-16-7-10-18)5-8-19-11-17-13-4-2-1-3-12(13)15(19)21/h1-4,11,16H,5-10H2/p+1. The predicted molar refractivity (Wildman–Crippen MR) is 78.9 cm³/mol. The molecule has 0 atom stereocenters. The van der Waals surface area contributed by atoms with E-state index in [-0.39, 0.29) is 11.5 Å². The van der Waals surface area contributed by atoms with Gasteiger partial charge in [-0.25, -0.2) is 4.98 Å². The summed E-state index contributed by atoms with van der Waals surface area (Å²) in [5.74, 6) is 0.114. The summed E-state index contributed by atoms with van der Waals surface area (Å²) in [6.45, 7) is 3.90. The van der Waals surface area contributed by atoms with Crippen LogP contribution in [0.15, 0.2) is 35.4 Å². The normalized spacial score (nSPS) is 15.3. The number of carbonyl (C=O) groups is 1.